The summed E-state index contributed by atoms with van der Waals surface area (Å²) in [7, 11) is 0. The topological polar surface area (TPSA) is 48.5 Å². The molecule has 1 fully saturated rings. The number of carbonyl (C=O) groups excluding carboxylic acids is 1. The average molecular weight is 296 g/mol. The normalized spacial score (nSPS) is 17.3. The van der Waals surface area contributed by atoms with Crippen molar-refractivity contribution in [2.75, 3.05) is 37.6 Å². The van der Waals surface area contributed by atoms with E-state index in [0.717, 1.165) is 37.0 Å². The Kier molecular flexibility index (Phi) is 4.65. The lowest BCUT2D eigenvalue weighted by Gasteiger charge is -2.34. The van der Waals surface area contributed by atoms with Gasteiger partial charge in [-0.25, -0.2) is 4.98 Å². The summed E-state index contributed by atoms with van der Waals surface area (Å²) in [6.07, 6.45) is 0. The van der Waals surface area contributed by atoms with E-state index in [4.69, 9.17) is 0 Å². The molecule has 1 aromatic heterocycles. The van der Waals surface area contributed by atoms with Crippen LogP contribution in [-0.2, 0) is 4.79 Å². The van der Waals surface area contributed by atoms with Crippen LogP contribution < -0.4 is 10.2 Å². The highest BCUT2D eigenvalue weighted by Crippen LogP contribution is 2.21. The van der Waals surface area contributed by atoms with E-state index in [9.17, 15) is 4.79 Å². The van der Waals surface area contributed by atoms with Crippen molar-refractivity contribution in [2.24, 2.45) is 0 Å². The second-order valence-corrected chi connectivity index (χ2v) is 7.17. The lowest BCUT2D eigenvalue weighted by Crippen LogP contribution is -2.51. The molecule has 0 bridgehead atoms. The van der Waals surface area contributed by atoms with Gasteiger partial charge in [0.2, 0.25) is 5.91 Å². The summed E-state index contributed by atoms with van der Waals surface area (Å²) in [5.41, 5.74) is 0.925. The first-order valence-electron chi connectivity index (χ1n) is 7.04. The fourth-order valence-electron chi connectivity index (χ4n) is 2.24. The Morgan fingerprint density at radius 3 is 2.50 bits per heavy atom. The SMILES string of the molecule is Cc1csc(N2CCN(CC(=O)NC(C)(C)C)CC2)n1. The van der Waals surface area contributed by atoms with Crippen LogP contribution in [0.1, 0.15) is 26.5 Å². The Labute approximate surface area is 125 Å². The van der Waals surface area contributed by atoms with Crippen molar-refractivity contribution in [3.8, 4) is 0 Å². The molecule has 1 aliphatic rings. The lowest BCUT2D eigenvalue weighted by molar-refractivity contribution is -0.123. The number of aryl methyl sites for hydroxylation is 1. The van der Waals surface area contributed by atoms with Crippen LogP contribution in [0, 0.1) is 6.92 Å². The van der Waals surface area contributed by atoms with Gasteiger partial charge < -0.3 is 10.2 Å². The van der Waals surface area contributed by atoms with Gasteiger partial charge in [-0.15, -0.1) is 11.3 Å². The van der Waals surface area contributed by atoms with Crippen LogP contribution in [0.5, 0.6) is 0 Å². The number of hydrogen-bond donors (Lipinski definition) is 1. The molecule has 1 aliphatic heterocycles. The van der Waals surface area contributed by atoms with Gasteiger partial charge in [0.25, 0.3) is 0 Å². The van der Waals surface area contributed by atoms with Crippen molar-refractivity contribution >= 4 is 22.4 Å². The van der Waals surface area contributed by atoms with Crippen LogP contribution in [0.4, 0.5) is 5.13 Å². The second kappa shape index (κ2) is 6.10. The Morgan fingerprint density at radius 1 is 1.35 bits per heavy atom. The van der Waals surface area contributed by atoms with E-state index in [1.807, 2.05) is 27.7 Å². The van der Waals surface area contributed by atoms with Crippen LogP contribution in [0.15, 0.2) is 5.38 Å². The Balaban J connectivity index is 1.78. The third-order valence-corrected chi connectivity index (χ3v) is 4.15. The largest absolute Gasteiger partial charge is 0.350 e. The second-order valence-electron chi connectivity index (χ2n) is 6.33. The zero-order valence-electron chi connectivity index (χ0n) is 12.8. The minimum Gasteiger partial charge on any atom is -0.350 e. The van der Waals surface area contributed by atoms with Crippen molar-refractivity contribution in [2.45, 2.75) is 33.2 Å². The number of aromatic nitrogens is 1. The highest BCUT2D eigenvalue weighted by Gasteiger charge is 2.22. The molecular weight excluding hydrogens is 272 g/mol. The van der Waals surface area contributed by atoms with Gasteiger partial charge in [-0.05, 0) is 27.7 Å². The van der Waals surface area contributed by atoms with E-state index >= 15 is 0 Å². The predicted molar refractivity (Wildman–Crippen MR) is 83.4 cm³/mol. The van der Waals surface area contributed by atoms with Gasteiger partial charge in [0.15, 0.2) is 5.13 Å². The number of thiazole rings is 1. The molecular formula is C14H24N4OS. The molecule has 1 aromatic rings. The quantitative estimate of drug-likeness (QED) is 0.918. The summed E-state index contributed by atoms with van der Waals surface area (Å²) in [6, 6.07) is 0. The molecule has 5 nitrogen and oxygen atoms in total. The van der Waals surface area contributed by atoms with Crippen LogP contribution in [-0.4, -0.2) is 54.1 Å². The molecule has 1 N–H and O–H groups in total. The van der Waals surface area contributed by atoms with Crippen molar-refractivity contribution in [3.05, 3.63) is 11.1 Å². The average Bonchev–Trinajstić information content (AvgIpc) is 2.74. The maximum absolute atomic E-state index is 11.9. The summed E-state index contributed by atoms with van der Waals surface area (Å²) in [5.74, 6) is 0.107. The maximum atomic E-state index is 11.9. The predicted octanol–water partition coefficient (Wildman–Crippen LogP) is 1.49. The fourth-order valence-corrected chi connectivity index (χ4v) is 3.10. The monoisotopic (exact) mass is 296 g/mol. The fraction of sp³-hybridized carbons (Fsp3) is 0.714. The maximum Gasteiger partial charge on any atom is 0.234 e. The van der Waals surface area contributed by atoms with Crippen LogP contribution >= 0.6 is 11.3 Å². The summed E-state index contributed by atoms with van der Waals surface area (Å²) >= 11 is 1.70. The molecule has 0 aromatic carbocycles. The van der Waals surface area contributed by atoms with E-state index in [-0.39, 0.29) is 11.4 Å². The van der Waals surface area contributed by atoms with Gasteiger partial charge in [-0.3, -0.25) is 9.69 Å². The summed E-state index contributed by atoms with van der Waals surface area (Å²) < 4.78 is 0. The summed E-state index contributed by atoms with van der Waals surface area (Å²) in [5, 5.41) is 6.19. The minimum absolute atomic E-state index is 0.107. The van der Waals surface area contributed by atoms with Crippen molar-refractivity contribution in [1.29, 1.82) is 0 Å². The number of nitrogens with zero attached hydrogens (tertiary/aromatic N) is 3. The molecule has 112 valence electrons. The standard InChI is InChI=1S/C14H24N4OS/c1-11-10-20-13(15-11)18-7-5-17(6-8-18)9-12(19)16-14(2,3)4/h10H,5-9H2,1-4H3,(H,16,19). The number of carbonyl (C=O) groups is 1. The van der Waals surface area contributed by atoms with E-state index < -0.39 is 0 Å². The molecule has 0 unspecified atom stereocenters. The molecule has 20 heavy (non-hydrogen) atoms. The van der Waals surface area contributed by atoms with Gasteiger partial charge in [-0.2, -0.15) is 0 Å². The lowest BCUT2D eigenvalue weighted by atomic mass is 10.1. The van der Waals surface area contributed by atoms with Gasteiger partial charge in [-0.1, -0.05) is 0 Å². The molecule has 6 heteroatoms. The molecule has 2 rings (SSSR count). The molecule has 0 spiro atoms. The number of hydrogen-bond acceptors (Lipinski definition) is 5. The van der Waals surface area contributed by atoms with E-state index in [1.54, 1.807) is 11.3 Å². The molecule has 1 saturated heterocycles. The zero-order chi connectivity index (χ0) is 14.8. The van der Waals surface area contributed by atoms with Crippen LogP contribution in [0.25, 0.3) is 0 Å². The van der Waals surface area contributed by atoms with Crippen LogP contribution in [0.3, 0.4) is 0 Å². The smallest absolute Gasteiger partial charge is 0.234 e. The van der Waals surface area contributed by atoms with E-state index in [0.29, 0.717) is 6.54 Å². The zero-order valence-corrected chi connectivity index (χ0v) is 13.6. The molecule has 0 saturated carbocycles. The molecule has 0 radical (unpaired) electrons. The first-order chi connectivity index (χ1) is 9.33. The summed E-state index contributed by atoms with van der Waals surface area (Å²) in [6.45, 7) is 12.2. The molecule has 2 heterocycles. The van der Waals surface area contributed by atoms with Crippen LogP contribution in [0.2, 0.25) is 0 Å². The number of rotatable bonds is 3. The molecule has 0 atom stereocenters. The van der Waals surface area contributed by atoms with Crippen molar-refractivity contribution in [3.63, 3.8) is 0 Å². The number of amides is 1. The number of anilines is 1. The van der Waals surface area contributed by atoms with Gasteiger partial charge >= 0.3 is 0 Å². The Morgan fingerprint density at radius 2 is 2.00 bits per heavy atom. The van der Waals surface area contributed by atoms with Crippen molar-refractivity contribution < 1.29 is 4.79 Å². The first kappa shape index (κ1) is 15.3. The highest BCUT2D eigenvalue weighted by atomic mass is 32.1. The van der Waals surface area contributed by atoms with Gasteiger partial charge in [0.05, 0.1) is 12.2 Å². The Bertz CT molecular complexity index is 458. The third-order valence-electron chi connectivity index (χ3n) is 3.13. The molecule has 0 aliphatic carbocycles. The number of piperazine rings is 1. The third kappa shape index (κ3) is 4.45. The number of nitrogens with one attached hydrogen (secondary N) is 1. The van der Waals surface area contributed by atoms with Gasteiger partial charge in [0.1, 0.15) is 0 Å². The molecule has 1 amide bonds. The van der Waals surface area contributed by atoms with Gasteiger partial charge in [0, 0.05) is 37.1 Å². The van der Waals surface area contributed by atoms with E-state index in [1.165, 1.54) is 0 Å². The van der Waals surface area contributed by atoms with Crippen molar-refractivity contribution in [1.82, 2.24) is 15.2 Å². The summed E-state index contributed by atoms with van der Waals surface area (Å²) in [4.78, 5) is 20.9. The minimum atomic E-state index is -0.155. The van der Waals surface area contributed by atoms with E-state index in [2.05, 4.69) is 25.5 Å². The first-order valence-corrected chi connectivity index (χ1v) is 7.92. The Hall–Kier alpha value is -1.14. The highest BCUT2D eigenvalue weighted by molar-refractivity contribution is 7.13.